The third-order valence-electron chi connectivity index (χ3n) is 3.62. The molecule has 1 atom stereocenters. The van der Waals surface area contributed by atoms with Gasteiger partial charge in [-0.3, -0.25) is 9.36 Å². The first-order chi connectivity index (χ1) is 11.2. The maximum absolute atomic E-state index is 13.8. The van der Waals surface area contributed by atoms with Crippen LogP contribution >= 0.6 is 0 Å². The van der Waals surface area contributed by atoms with Crippen molar-refractivity contribution in [1.82, 2.24) is 14.9 Å². The summed E-state index contributed by atoms with van der Waals surface area (Å²) >= 11 is 0. The van der Waals surface area contributed by atoms with Gasteiger partial charge in [-0.15, -0.1) is 0 Å². The van der Waals surface area contributed by atoms with Crippen LogP contribution in [0.15, 0.2) is 67.1 Å². The number of rotatable bonds is 4. The molecule has 3 aromatic rings. The van der Waals surface area contributed by atoms with Gasteiger partial charge in [-0.2, -0.15) is 0 Å². The minimum atomic E-state index is -0.442. The van der Waals surface area contributed by atoms with E-state index < -0.39 is 6.04 Å². The zero-order chi connectivity index (χ0) is 16.2. The van der Waals surface area contributed by atoms with E-state index in [9.17, 15) is 9.18 Å². The van der Waals surface area contributed by atoms with Gasteiger partial charge in [-0.25, -0.2) is 9.37 Å². The van der Waals surface area contributed by atoms with Gasteiger partial charge < -0.3 is 5.32 Å². The Kier molecular flexibility index (Phi) is 4.19. The predicted octanol–water partition coefficient (Wildman–Crippen LogP) is 3.50. The van der Waals surface area contributed by atoms with Gasteiger partial charge in [0.1, 0.15) is 11.5 Å². The number of carbonyl (C=O) groups is 1. The number of nitrogens with one attached hydrogen (secondary N) is 1. The summed E-state index contributed by atoms with van der Waals surface area (Å²) in [5.41, 5.74) is 1.69. The highest BCUT2D eigenvalue weighted by Gasteiger charge is 2.17. The molecule has 1 unspecified atom stereocenters. The SMILES string of the molecule is CC(NC(=O)c1cncn1-c1ccccc1)c1ccccc1F. The number of imidazole rings is 1. The average Bonchev–Trinajstić information content (AvgIpc) is 3.05. The van der Waals surface area contributed by atoms with Crippen molar-refractivity contribution in [1.29, 1.82) is 0 Å². The molecule has 0 saturated carbocycles. The summed E-state index contributed by atoms with van der Waals surface area (Å²) in [6.45, 7) is 1.75. The molecule has 0 saturated heterocycles. The third-order valence-corrected chi connectivity index (χ3v) is 3.62. The minimum absolute atomic E-state index is 0.304. The lowest BCUT2D eigenvalue weighted by Gasteiger charge is -2.15. The van der Waals surface area contributed by atoms with Crippen molar-refractivity contribution in [2.45, 2.75) is 13.0 Å². The average molecular weight is 309 g/mol. The van der Waals surface area contributed by atoms with Crippen molar-refractivity contribution in [2.75, 3.05) is 0 Å². The molecule has 1 N–H and O–H groups in total. The Morgan fingerprint density at radius 3 is 2.57 bits per heavy atom. The maximum atomic E-state index is 13.8. The molecule has 0 aliphatic heterocycles. The fourth-order valence-electron chi connectivity index (χ4n) is 2.43. The smallest absolute Gasteiger partial charge is 0.270 e. The van der Waals surface area contributed by atoms with Crippen molar-refractivity contribution in [3.8, 4) is 5.69 Å². The quantitative estimate of drug-likeness (QED) is 0.802. The van der Waals surface area contributed by atoms with Gasteiger partial charge in [0.2, 0.25) is 0 Å². The molecular weight excluding hydrogens is 293 g/mol. The molecule has 1 aromatic heterocycles. The third kappa shape index (κ3) is 3.13. The predicted molar refractivity (Wildman–Crippen MR) is 85.8 cm³/mol. The van der Waals surface area contributed by atoms with Gasteiger partial charge in [-0.05, 0) is 25.1 Å². The van der Waals surface area contributed by atoms with E-state index in [2.05, 4.69) is 10.3 Å². The van der Waals surface area contributed by atoms with Gasteiger partial charge in [0.15, 0.2) is 0 Å². The summed E-state index contributed by atoms with van der Waals surface area (Å²) in [5.74, 6) is -0.640. The first-order valence-electron chi connectivity index (χ1n) is 7.30. The van der Waals surface area contributed by atoms with Crippen LogP contribution in [0.3, 0.4) is 0 Å². The Morgan fingerprint density at radius 2 is 1.83 bits per heavy atom. The van der Waals surface area contributed by atoms with Gasteiger partial charge >= 0.3 is 0 Å². The maximum Gasteiger partial charge on any atom is 0.270 e. The second-order valence-corrected chi connectivity index (χ2v) is 5.20. The van der Waals surface area contributed by atoms with Crippen LogP contribution in [0, 0.1) is 5.82 Å². The number of halogens is 1. The number of carbonyl (C=O) groups excluding carboxylic acids is 1. The number of amides is 1. The molecular formula is C18H16FN3O. The zero-order valence-corrected chi connectivity index (χ0v) is 12.6. The Morgan fingerprint density at radius 1 is 1.13 bits per heavy atom. The number of hydrogen-bond donors (Lipinski definition) is 1. The van der Waals surface area contributed by atoms with Crippen molar-refractivity contribution >= 4 is 5.91 Å². The minimum Gasteiger partial charge on any atom is -0.344 e. The lowest BCUT2D eigenvalue weighted by atomic mass is 10.1. The van der Waals surface area contributed by atoms with E-state index >= 15 is 0 Å². The summed E-state index contributed by atoms with van der Waals surface area (Å²) < 4.78 is 15.5. The van der Waals surface area contributed by atoms with E-state index in [4.69, 9.17) is 0 Å². The summed E-state index contributed by atoms with van der Waals surface area (Å²) in [4.78, 5) is 16.5. The van der Waals surface area contributed by atoms with Crippen LogP contribution in [0.1, 0.15) is 29.0 Å². The number of hydrogen-bond acceptors (Lipinski definition) is 2. The molecule has 0 fully saturated rings. The number of aromatic nitrogens is 2. The molecule has 0 aliphatic carbocycles. The van der Waals surface area contributed by atoms with E-state index in [1.165, 1.54) is 12.3 Å². The van der Waals surface area contributed by atoms with Crippen LogP contribution in [0.2, 0.25) is 0 Å². The fourth-order valence-corrected chi connectivity index (χ4v) is 2.43. The molecule has 0 bridgehead atoms. The topological polar surface area (TPSA) is 46.9 Å². The molecule has 2 aromatic carbocycles. The highest BCUT2D eigenvalue weighted by molar-refractivity contribution is 5.93. The molecule has 0 aliphatic rings. The van der Waals surface area contributed by atoms with Crippen LogP contribution in [-0.2, 0) is 0 Å². The standard InChI is InChI=1S/C18H16FN3O/c1-13(15-9-5-6-10-16(15)19)21-18(23)17-11-20-12-22(17)14-7-3-2-4-8-14/h2-13H,1H3,(H,21,23). The van der Waals surface area contributed by atoms with Crippen molar-refractivity contribution < 1.29 is 9.18 Å². The Hall–Kier alpha value is -2.95. The van der Waals surface area contributed by atoms with Gasteiger partial charge in [0.25, 0.3) is 5.91 Å². The summed E-state index contributed by atoms with van der Waals surface area (Å²) in [7, 11) is 0. The molecule has 116 valence electrons. The van der Waals surface area contributed by atoms with E-state index in [0.717, 1.165) is 5.69 Å². The lowest BCUT2D eigenvalue weighted by molar-refractivity contribution is 0.0932. The molecule has 23 heavy (non-hydrogen) atoms. The molecule has 4 nitrogen and oxygen atoms in total. The summed E-state index contributed by atoms with van der Waals surface area (Å²) in [6.07, 6.45) is 3.08. The highest BCUT2D eigenvalue weighted by atomic mass is 19.1. The number of benzene rings is 2. The molecule has 5 heteroatoms. The molecule has 1 amide bonds. The Bertz CT molecular complexity index is 814. The number of para-hydroxylation sites is 1. The molecule has 0 radical (unpaired) electrons. The first kappa shape index (κ1) is 15.0. The van der Waals surface area contributed by atoms with Crippen LogP contribution < -0.4 is 5.32 Å². The van der Waals surface area contributed by atoms with Crippen LogP contribution in [0.5, 0.6) is 0 Å². The lowest BCUT2D eigenvalue weighted by Crippen LogP contribution is -2.28. The van der Waals surface area contributed by atoms with Gasteiger partial charge in [0.05, 0.1) is 18.6 Å². The van der Waals surface area contributed by atoms with Crippen molar-refractivity contribution in [3.63, 3.8) is 0 Å². The molecule has 1 heterocycles. The second-order valence-electron chi connectivity index (χ2n) is 5.20. The summed E-state index contributed by atoms with van der Waals surface area (Å²) in [6, 6.07) is 15.4. The summed E-state index contributed by atoms with van der Waals surface area (Å²) in [5, 5.41) is 2.81. The van der Waals surface area contributed by atoms with Gasteiger partial charge in [0, 0.05) is 11.3 Å². The second kappa shape index (κ2) is 6.44. The Balaban J connectivity index is 1.83. The largest absolute Gasteiger partial charge is 0.344 e. The monoisotopic (exact) mass is 309 g/mol. The number of nitrogens with zero attached hydrogens (tertiary/aromatic N) is 2. The normalized spacial score (nSPS) is 11.9. The van der Waals surface area contributed by atoms with Gasteiger partial charge in [-0.1, -0.05) is 36.4 Å². The van der Waals surface area contributed by atoms with Crippen molar-refractivity contribution in [3.05, 3.63) is 84.2 Å². The van der Waals surface area contributed by atoms with E-state index in [0.29, 0.717) is 11.3 Å². The first-order valence-corrected chi connectivity index (χ1v) is 7.30. The molecule has 3 rings (SSSR count). The fraction of sp³-hybridized carbons (Fsp3) is 0.111. The van der Waals surface area contributed by atoms with Crippen LogP contribution in [-0.4, -0.2) is 15.5 Å². The van der Waals surface area contributed by atoms with E-state index in [1.54, 1.807) is 36.0 Å². The molecule has 0 spiro atoms. The van der Waals surface area contributed by atoms with E-state index in [1.807, 2.05) is 30.3 Å². The highest BCUT2D eigenvalue weighted by Crippen LogP contribution is 2.17. The van der Waals surface area contributed by atoms with Crippen LogP contribution in [0.25, 0.3) is 5.69 Å². The van der Waals surface area contributed by atoms with Crippen molar-refractivity contribution in [2.24, 2.45) is 0 Å². The zero-order valence-electron chi connectivity index (χ0n) is 12.6. The van der Waals surface area contributed by atoms with E-state index in [-0.39, 0.29) is 11.7 Å². The van der Waals surface area contributed by atoms with Crippen LogP contribution in [0.4, 0.5) is 4.39 Å². The Labute approximate surface area is 133 Å².